The molecule has 1 fully saturated rings. The highest BCUT2D eigenvalue weighted by atomic mass is 32.2. The van der Waals surface area contributed by atoms with Gasteiger partial charge >= 0.3 is 0 Å². The van der Waals surface area contributed by atoms with Crippen molar-refractivity contribution in [1.82, 2.24) is 4.98 Å². The first-order chi connectivity index (χ1) is 15.3. The van der Waals surface area contributed by atoms with Gasteiger partial charge in [-0.2, -0.15) is 4.39 Å². The number of sulfonamides is 1. The molecule has 0 spiro atoms. The molecule has 1 amide bonds. The van der Waals surface area contributed by atoms with Gasteiger partial charge in [0, 0.05) is 29.4 Å². The van der Waals surface area contributed by atoms with Crippen molar-refractivity contribution in [1.29, 1.82) is 0 Å². The summed E-state index contributed by atoms with van der Waals surface area (Å²) >= 11 is 0. The molecule has 3 N–H and O–H groups in total. The second kappa shape index (κ2) is 9.34. The monoisotopic (exact) mass is 481 g/mol. The van der Waals surface area contributed by atoms with Crippen LogP contribution < -0.4 is 15.2 Å². The van der Waals surface area contributed by atoms with Crippen molar-refractivity contribution < 1.29 is 26.7 Å². The van der Waals surface area contributed by atoms with E-state index in [1.54, 1.807) is 0 Å². The summed E-state index contributed by atoms with van der Waals surface area (Å²) in [6.45, 7) is 6.34. The van der Waals surface area contributed by atoms with E-state index < -0.39 is 33.5 Å². The average molecular weight is 482 g/mol. The Morgan fingerprint density at radius 2 is 1.91 bits per heavy atom. The third kappa shape index (κ3) is 5.50. The van der Waals surface area contributed by atoms with Crippen molar-refractivity contribution in [3.63, 3.8) is 0 Å². The van der Waals surface area contributed by atoms with Crippen LogP contribution in [0, 0.1) is 28.9 Å². The smallest absolute Gasteiger partial charge is 0.255 e. The molecule has 3 rings (SSSR count). The number of amides is 1. The number of carbonyl (C=O) groups excluding carboxylic acids is 1. The largest absolute Gasteiger partial charge is 0.493 e. The molecule has 1 aromatic heterocycles. The zero-order valence-corrected chi connectivity index (χ0v) is 19.9. The number of ether oxygens (including phenoxy) is 1. The Morgan fingerprint density at radius 3 is 2.52 bits per heavy atom. The van der Waals surface area contributed by atoms with Crippen LogP contribution >= 0.6 is 0 Å². The van der Waals surface area contributed by atoms with Crippen LogP contribution in [0.15, 0.2) is 35.5 Å². The van der Waals surface area contributed by atoms with Crippen LogP contribution in [-0.4, -0.2) is 26.4 Å². The van der Waals surface area contributed by atoms with Crippen LogP contribution in [0.5, 0.6) is 5.75 Å². The Morgan fingerprint density at radius 1 is 1.21 bits per heavy atom. The molecule has 0 radical (unpaired) electrons. The summed E-state index contributed by atoms with van der Waals surface area (Å²) in [6, 6.07) is 5.16. The number of hydrogen-bond acceptors (Lipinski definition) is 5. The molecule has 33 heavy (non-hydrogen) atoms. The molecule has 10 heteroatoms. The summed E-state index contributed by atoms with van der Waals surface area (Å²) in [6.07, 6.45) is 3.13. The first kappa shape index (κ1) is 25.0. The van der Waals surface area contributed by atoms with E-state index in [-0.39, 0.29) is 33.7 Å². The zero-order valence-electron chi connectivity index (χ0n) is 19.1. The maximum atomic E-state index is 14.5. The highest BCUT2D eigenvalue weighted by Gasteiger charge is 2.41. The summed E-state index contributed by atoms with van der Waals surface area (Å²) < 4.78 is 56.7. The van der Waals surface area contributed by atoms with E-state index >= 15 is 0 Å². The first-order valence-electron chi connectivity index (χ1n) is 10.6. The Labute approximate surface area is 192 Å². The van der Waals surface area contributed by atoms with E-state index in [4.69, 9.17) is 9.88 Å². The molecule has 1 saturated carbocycles. The molecule has 3 atom stereocenters. The van der Waals surface area contributed by atoms with E-state index in [0.717, 1.165) is 12.5 Å². The van der Waals surface area contributed by atoms with Crippen molar-refractivity contribution in [3.8, 4) is 5.75 Å². The van der Waals surface area contributed by atoms with E-state index in [1.807, 2.05) is 0 Å². The fourth-order valence-electron chi connectivity index (χ4n) is 4.54. The van der Waals surface area contributed by atoms with Gasteiger partial charge in [-0.05, 0) is 48.6 Å². The number of nitrogens with two attached hydrogens (primary N) is 1. The normalized spacial score (nSPS) is 21.5. The number of primary sulfonamides is 1. The van der Waals surface area contributed by atoms with Gasteiger partial charge in [0.1, 0.15) is 0 Å². The molecule has 1 heterocycles. The predicted molar refractivity (Wildman–Crippen MR) is 120 cm³/mol. The van der Waals surface area contributed by atoms with Gasteiger partial charge in [-0.1, -0.05) is 26.8 Å². The van der Waals surface area contributed by atoms with Gasteiger partial charge in [0.15, 0.2) is 16.6 Å². The van der Waals surface area contributed by atoms with Gasteiger partial charge in [0.2, 0.25) is 11.7 Å². The SMILES string of the molecule is COc1c(C2C[C@@H](C(C)(C)C)CC[C@@H]2C(=O)Nc2ccnc(S(N)(=O)=O)c2)ccc(F)c1F. The number of aromatic nitrogens is 1. The molecule has 0 bridgehead atoms. The standard InChI is InChI=1S/C23H29F2N3O4S/c1-23(2,3)13-5-6-16(17(11-13)15-7-8-18(24)20(25)21(15)32-4)22(29)28-14-9-10-27-19(12-14)33(26,30)31/h7-10,12-13,16-17H,5-6,11H2,1-4H3,(H2,26,30,31)(H,27,28,29)/t13-,16-,17?/m0/s1. The number of nitrogens with one attached hydrogen (secondary N) is 1. The van der Waals surface area contributed by atoms with Gasteiger partial charge in [-0.15, -0.1) is 0 Å². The number of pyridine rings is 1. The number of carbonyl (C=O) groups is 1. The lowest BCUT2D eigenvalue weighted by Gasteiger charge is -2.41. The quantitative estimate of drug-likeness (QED) is 0.665. The minimum absolute atomic E-state index is 0.0407. The van der Waals surface area contributed by atoms with Crippen molar-refractivity contribution in [3.05, 3.63) is 47.7 Å². The Hall–Kier alpha value is -2.59. The second-order valence-corrected chi connectivity index (χ2v) is 11.0. The molecule has 1 aliphatic carbocycles. The van der Waals surface area contributed by atoms with Crippen molar-refractivity contribution in [2.24, 2.45) is 22.4 Å². The van der Waals surface area contributed by atoms with Gasteiger partial charge in [-0.25, -0.2) is 22.9 Å². The molecular formula is C23H29F2N3O4S. The summed E-state index contributed by atoms with van der Waals surface area (Å²) in [5.74, 6) is -3.40. The number of nitrogens with zero attached hydrogens (tertiary/aromatic N) is 1. The number of rotatable bonds is 5. The topological polar surface area (TPSA) is 111 Å². The highest BCUT2D eigenvalue weighted by Crippen LogP contribution is 2.49. The number of hydrogen-bond donors (Lipinski definition) is 2. The van der Waals surface area contributed by atoms with Crippen LogP contribution in [0.2, 0.25) is 0 Å². The number of benzene rings is 1. The Bertz CT molecular complexity index is 1150. The number of methoxy groups -OCH3 is 1. The average Bonchev–Trinajstić information content (AvgIpc) is 2.74. The van der Waals surface area contributed by atoms with Crippen LogP contribution in [0.3, 0.4) is 0 Å². The van der Waals surface area contributed by atoms with Crippen LogP contribution in [0.4, 0.5) is 14.5 Å². The van der Waals surface area contributed by atoms with Crippen LogP contribution in [0.1, 0.15) is 51.5 Å². The summed E-state index contributed by atoms with van der Waals surface area (Å²) in [5.41, 5.74) is 0.625. The molecule has 0 aliphatic heterocycles. The molecule has 180 valence electrons. The van der Waals surface area contributed by atoms with Gasteiger partial charge in [0.05, 0.1) is 7.11 Å². The molecular weight excluding hydrogens is 452 g/mol. The fraction of sp³-hybridized carbons (Fsp3) is 0.478. The van der Waals surface area contributed by atoms with E-state index in [2.05, 4.69) is 31.1 Å². The lowest BCUT2D eigenvalue weighted by atomic mass is 9.63. The molecule has 7 nitrogen and oxygen atoms in total. The van der Waals surface area contributed by atoms with Crippen LogP contribution in [0.25, 0.3) is 0 Å². The third-order valence-electron chi connectivity index (χ3n) is 6.39. The van der Waals surface area contributed by atoms with E-state index in [0.29, 0.717) is 18.4 Å². The molecule has 1 aromatic carbocycles. The lowest BCUT2D eigenvalue weighted by molar-refractivity contribution is -0.122. The molecule has 2 aromatic rings. The molecule has 0 saturated heterocycles. The summed E-state index contributed by atoms with van der Waals surface area (Å²) in [4.78, 5) is 17.0. The maximum absolute atomic E-state index is 14.5. The predicted octanol–water partition coefficient (Wildman–Crippen LogP) is 4.20. The Balaban J connectivity index is 1.97. The Kier molecular flexibility index (Phi) is 7.09. The van der Waals surface area contributed by atoms with Gasteiger partial charge in [-0.3, -0.25) is 4.79 Å². The van der Waals surface area contributed by atoms with Crippen molar-refractivity contribution in [2.75, 3.05) is 12.4 Å². The van der Waals surface area contributed by atoms with E-state index in [9.17, 15) is 22.0 Å². The maximum Gasteiger partial charge on any atom is 0.255 e. The third-order valence-corrected chi connectivity index (χ3v) is 7.20. The minimum atomic E-state index is -4.04. The zero-order chi connectivity index (χ0) is 24.6. The summed E-state index contributed by atoms with van der Waals surface area (Å²) in [5, 5.41) is 7.50. The van der Waals surface area contributed by atoms with Gasteiger partial charge in [0.25, 0.3) is 10.0 Å². The minimum Gasteiger partial charge on any atom is -0.493 e. The van der Waals surface area contributed by atoms with Crippen molar-refractivity contribution in [2.45, 2.75) is 51.0 Å². The van der Waals surface area contributed by atoms with Crippen LogP contribution in [-0.2, 0) is 14.8 Å². The first-order valence-corrected chi connectivity index (χ1v) is 12.2. The second-order valence-electron chi connectivity index (χ2n) is 9.49. The molecule has 1 unspecified atom stereocenters. The van der Waals surface area contributed by atoms with E-state index in [1.165, 1.54) is 31.5 Å². The van der Waals surface area contributed by atoms with Gasteiger partial charge < -0.3 is 10.1 Å². The molecule has 1 aliphatic rings. The lowest BCUT2D eigenvalue weighted by Crippen LogP contribution is -2.37. The van der Waals surface area contributed by atoms with Crippen molar-refractivity contribution >= 4 is 21.6 Å². The number of anilines is 1. The number of halogens is 2. The summed E-state index contributed by atoms with van der Waals surface area (Å²) in [7, 11) is -2.77. The fourth-order valence-corrected chi connectivity index (χ4v) is 5.04. The highest BCUT2D eigenvalue weighted by molar-refractivity contribution is 7.89.